The van der Waals surface area contributed by atoms with Gasteiger partial charge in [-0.15, -0.1) is 11.6 Å². The zero-order valence-electron chi connectivity index (χ0n) is 10.8. The summed E-state index contributed by atoms with van der Waals surface area (Å²) in [4.78, 5) is 4.28. The minimum atomic E-state index is -0.276. The number of rotatable bonds is 5. The van der Waals surface area contributed by atoms with Crippen molar-refractivity contribution in [3.63, 3.8) is 0 Å². The van der Waals surface area contributed by atoms with Crippen molar-refractivity contribution >= 4 is 22.6 Å². The smallest absolute Gasteiger partial charge is 0.151 e. The molecule has 0 aliphatic carbocycles. The lowest BCUT2D eigenvalue weighted by molar-refractivity contribution is 0.512. The maximum atomic E-state index is 13.6. The zero-order valence-corrected chi connectivity index (χ0v) is 11.5. The number of hydrogen-bond donors (Lipinski definition) is 0. The quantitative estimate of drug-likeness (QED) is 0.737. The Labute approximate surface area is 112 Å². The number of aromatic nitrogens is 2. The number of alkyl halides is 1. The van der Waals surface area contributed by atoms with Crippen LogP contribution in [0.15, 0.2) is 18.2 Å². The Morgan fingerprint density at radius 1 is 1.39 bits per heavy atom. The van der Waals surface area contributed by atoms with E-state index in [0.717, 1.165) is 30.7 Å². The second kappa shape index (κ2) is 5.70. The molecule has 0 atom stereocenters. The van der Waals surface area contributed by atoms with E-state index in [9.17, 15) is 4.39 Å². The van der Waals surface area contributed by atoms with Gasteiger partial charge in [0.2, 0.25) is 0 Å². The molecule has 98 valence electrons. The van der Waals surface area contributed by atoms with Gasteiger partial charge in [-0.3, -0.25) is 0 Å². The first-order valence-electron chi connectivity index (χ1n) is 6.33. The highest BCUT2D eigenvalue weighted by Gasteiger charge is 2.12. The Bertz CT molecular complexity index is 534. The van der Waals surface area contributed by atoms with Crippen LogP contribution in [0.25, 0.3) is 11.0 Å². The molecule has 0 saturated heterocycles. The third-order valence-corrected chi connectivity index (χ3v) is 3.33. The summed E-state index contributed by atoms with van der Waals surface area (Å²) in [6.45, 7) is 5.25. The average Bonchev–Trinajstić information content (AvgIpc) is 2.69. The molecule has 2 rings (SSSR count). The van der Waals surface area contributed by atoms with Gasteiger partial charge in [-0.25, -0.2) is 9.37 Å². The number of para-hydroxylation sites is 1. The van der Waals surface area contributed by atoms with E-state index >= 15 is 0 Å². The van der Waals surface area contributed by atoms with Crippen molar-refractivity contribution in [2.75, 3.05) is 0 Å². The van der Waals surface area contributed by atoms with Crippen LogP contribution in [0, 0.1) is 11.7 Å². The summed E-state index contributed by atoms with van der Waals surface area (Å²) in [6, 6.07) is 5.05. The lowest BCUT2D eigenvalue weighted by Gasteiger charge is -2.09. The van der Waals surface area contributed by atoms with Gasteiger partial charge in [-0.2, -0.15) is 0 Å². The minimum Gasteiger partial charge on any atom is -0.327 e. The van der Waals surface area contributed by atoms with Gasteiger partial charge >= 0.3 is 0 Å². The zero-order chi connectivity index (χ0) is 13.1. The van der Waals surface area contributed by atoms with Crippen LogP contribution in [-0.2, 0) is 12.4 Å². The number of aryl methyl sites for hydroxylation is 1. The number of benzene rings is 1. The topological polar surface area (TPSA) is 17.8 Å². The minimum absolute atomic E-state index is 0.276. The molecule has 0 bridgehead atoms. The molecule has 0 aliphatic rings. The third-order valence-electron chi connectivity index (χ3n) is 3.09. The van der Waals surface area contributed by atoms with E-state index in [1.54, 1.807) is 6.07 Å². The third kappa shape index (κ3) is 2.66. The molecule has 0 unspecified atom stereocenters. The SMILES string of the molecule is CC(C)CCCn1c(CCl)nc2c(F)cccc21. The van der Waals surface area contributed by atoms with E-state index in [1.165, 1.54) is 6.07 Å². The summed E-state index contributed by atoms with van der Waals surface area (Å²) >= 11 is 5.89. The molecule has 0 amide bonds. The largest absolute Gasteiger partial charge is 0.327 e. The maximum Gasteiger partial charge on any atom is 0.151 e. The molecule has 2 aromatic rings. The average molecular weight is 269 g/mol. The second-order valence-corrected chi connectivity index (χ2v) is 5.22. The molecule has 0 spiro atoms. The van der Waals surface area contributed by atoms with E-state index < -0.39 is 0 Å². The second-order valence-electron chi connectivity index (χ2n) is 4.96. The standard InChI is InChI=1S/C14H18ClFN2/c1-10(2)5-4-8-18-12-7-3-6-11(16)14(12)17-13(18)9-15/h3,6-7,10H,4-5,8-9H2,1-2H3. The molecule has 0 saturated carbocycles. The van der Waals surface area contributed by atoms with Crippen LogP contribution in [0.5, 0.6) is 0 Å². The number of imidazole rings is 1. The van der Waals surface area contributed by atoms with Gasteiger partial charge in [0.05, 0.1) is 11.4 Å². The van der Waals surface area contributed by atoms with Gasteiger partial charge in [0.15, 0.2) is 5.82 Å². The van der Waals surface area contributed by atoms with Crippen LogP contribution in [0.4, 0.5) is 4.39 Å². The fourth-order valence-electron chi connectivity index (χ4n) is 2.17. The predicted molar refractivity (Wildman–Crippen MR) is 73.3 cm³/mol. The van der Waals surface area contributed by atoms with E-state index in [2.05, 4.69) is 18.8 Å². The Morgan fingerprint density at radius 3 is 2.83 bits per heavy atom. The number of halogens is 2. The van der Waals surface area contributed by atoms with Crippen molar-refractivity contribution < 1.29 is 4.39 Å². The first-order chi connectivity index (χ1) is 8.63. The Balaban J connectivity index is 2.32. The van der Waals surface area contributed by atoms with Crippen molar-refractivity contribution in [2.24, 2.45) is 5.92 Å². The molecule has 0 aliphatic heterocycles. The van der Waals surface area contributed by atoms with Crippen LogP contribution < -0.4 is 0 Å². The van der Waals surface area contributed by atoms with Gasteiger partial charge < -0.3 is 4.57 Å². The summed E-state index contributed by atoms with van der Waals surface area (Å²) < 4.78 is 15.7. The molecule has 1 aromatic carbocycles. The van der Waals surface area contributed by atoms with Crippen molar-refractivity contribution in [3.05, 3.63) is 29.8 Å². The first kappa shape index (κ1) is 13.3. The van der Waals surface area contributed by atoms with Gasteiger partial charge in [-0.05, 0) is 30.9 Å². The van der Waals surface area contributed by atoms with Gasteiger partial charge in [0, 0.05) is 6.54 Å². The molecular weight excluding hydrogens is 251 g/mol. The van der Waals surface area contributed by atoms with E-state index in [1.807, 2.05) is 10.6 Å². The van der Waals surface area contributed by atoms with E-state index in [-0.39, 0.29) is 5.82 Å². The van der Waals surface area contributed by atoms with Gasteiger partial charge in [0.1, 0.15) is 11.3 Å². The highest BCUT2D eigenvalue weighted by molar-refractivity contribution is 6.16. The monoisotopic (exact) mass is 268 g/mol. The molecule has 0 N–H and O–H groups in total. The normalized spacial score (nSPS) is 11.6. The summed E-state index contributed by atoms with van der Waals surface area (Å²) in [7, 11) is 0. The van der Waals surface area contributed by atoms with Gasteiger partial charge in [-0.1, -0.05) is 19.9 Å². The Hall–Kier alpha value is -1.09. The molecule has 2 nitrogen and oxygen atoms in total. The summed E-state index contributed by atoms with van der Waals surface area (Å²) in [5.41, 5.74) is 1.27. The maximum absolute atomic E-state index is 13.6. The van der Waals surface area contributed by atoms with Crippen LogP contribution in [0.3, 0.4) is 0 Å². The van der Waals surface area contributed by atoms with Crippen molar-refractivity contribution in [3.8, 4) is 0 Å². The fraction of sp³-hybridized carbons (Fsp3) is 0.500. The lowest BCUT2D eigenvalue weighted by Crippen LogP contribution is -2.03. The molecule has 1 aromatic heterocycles. The van der Waals surface area contributed by atoms with Crippen LogP contribution in [0.2, 0.25) is 0 Å². The number of fused-ring (bicyclic) bond motifs is 1. The van der Waals surface area contributed by atoms with E-state index in [4.69, 9.17) is 11.6 Å². The summed E-state index contributed by atoms with van der Waals surface area (Å²) in [5.74, 6) is 1.47. The van der Waals surface area contributed by atoms with Crippen LogP contribution in [-0.4, -0.2) is 9.55 Å². The van der Waals surface area contributed by atoms with Gasteiger partial charge in [0.25, 0.3) is 0 Å². The van der Waals surface area contributed by atoms with Crippen molar-refractivity contribution in [2.45, 2.75) is 39.1 Å². The molecule has 1 heterocycles. The predicted octanol–water partition coefficient (Wildman–Crippen LogP) is 4.35. The molecule has 0 fully saturated rings. The molecular formula is C14H18ClFN2. The summed E-state index contributed by atoms with van der Waals surface area (Å²) in [5, 5.41) is 0. The fourth-order valence-corrected chi connectivity index (χ4v) is 2.37. The molecule has 0 radical (unpaired) electrons. The highest BCUT2D eigenvalue weighted by atomic mass is 35.5. The van der Waals surface area contributed by atoms with Crippen molar-refractivity contribution in [1.82, 2.24) is 9.55 Å². The summed E-state index contributed by atoms with van der Waals surface area (Å²) in [6.07, 6.45) is 2.21. The first-order valence-corrected chi connectivity index (χ1v) is 6.86. The number of hydrogen-bond acceptors (Lipinski definition) is 1. The van der Waals surface area contributed by atoms with Crippen LogP contribution >= 0.6 is 11.6 Å². The van der Waals surface area contributed by atoms with Crippen molar-refractivity contribution in [1.29, 1.82) is 0 Å². The molecule has 4 heteroatoms. The Kier molecular flexibility index (Phi) is 4.23. The van der Waals surface area contributed by atoms with E-state index in [0.29, 0.717) is 17.3 Å². The lowest BCUT2D eigenvalue weighted by atomic mass is 10.1. The number of nitrogens with zero attached hydrogens (tertiary/aromatic N) is 2. The Morgan fingerprint density at radius 2 is 2.17 bits per heavy atom. The highest BCUT2D eigenvalue weighted by Crippen LogP contribution is 2.21. The molecule has 18 heavy (non-hydrogen) atoms. The van der Waals surface area contributed by atoms with Crippen LogP contribution in [0.1, 0.15) is 32.5 Å².